The summed E-state index contributed by atoms with van der Waals surface area (Å²) in [5.41, 5.74) is 1.60. The van der Waals surface area contributed by atoms with Gasteiger partial charge in [-0.15, -0.1) is 0 Å². The third kappa shape index (κ3) is 5.44. The Kier molecular flexibility index (Phi) is 6.55. The molecular weight excluding hydrogens is 459 g/mol. The fraction of sp³-hybridized carbons (Fsp3) is 0.364. The van der Waals surface area contributed by atoms with Gasteiger partial charge >= 0.3 is 12.3 Å². The molecule has 11 heteroatoms. The fourth-order valence-electron chi connectivity index (χ4n) is 3.83. The monoisotopic (exact) mass is 479 g/mol. The third-order valence-corrected chi connectivity index (χ3v) is 5.64. The number of aromatic nitrogens is 4. The van der Waals surface area contributed by atoms with Crippen LogP contribution in [0.2, 0.25) is 5.28 Å². The molecule has 1 aliphatic rings. The number of rotatable bonds is 5. The minimum absolute atomic E-state index is 0.0316. The van der Waals surface area contributed by atoms with Gasteiger partial charge in [-0.25, -0.2) is 14.8 Å². The summed E-state index contributed by atoms with van der Waals surface area (Å²) >= 11 is 6.01. The Morgan fingerprint density at radius 3 is 2.94 bits per heavy atom. The zero-order valence-electron chi connectivity index (χ0n) is 17.6. The second-order valence-corrected chi connectivity index (χ2v) is 8.22. The number of alkyl halides is 3. The van der Waals surface area contributed by atoms with Crippen LogP contribution in [0.4, 0.5) is 18.0 Å². The van der Waals surface area contributed by atoms with Crippen molar-refractivity contribution in [2.75, 3.05) is 6.61 Å². The number of carbonyl (C=O) groups is 1. The molecule has 174 valence electrons. The lowest BCUT2D eigenvalue weighted by molar-refractivity contribution is -0.137. The summed E-state index contributed by atoms with van der Waals surface area (Å²) < 4.78 is 45.7. The summed E-state index contributed by atoms with van der Waals surface area (Å²) in [4.78, 5) is 24.9. The highest BCUT2D eigenvalue weighted by molar-refractivity contribution is 6.28. The van der Waals surface area contributed by atoms with Crippen LogP contribution in [0, 0.1) is 12.8 Å². The molecular formula is C22H21ClF3N5O2. The van der Waals surface area contributed by atoms with Crippen molar-refractivity contribution >= 4 is 28.9 Å². The highest BCUT2D eigenvalue weighted by atomic mass is 35.5. The molecule has 0 fully saturated rings. The Morgan fingerprint density at radius 2 is 2.15 bits per heavy atom. The number of benzene rings is 1. The number of hydrogen-bond acceptors (Lipinski definition) is 5. The van der Waals surface area contributed by atoms with Crippen LogP contribution in [0.15, 0.2) is 42.7 Å². The molecule has 3 aromatic rings. The van der Waals surface area contributed by atoms with E-state index < -0.39 is 17.8 Å². The maximum Gasteiger partial charge on any atom is 0.416 e. The number of carbonyl (C=O) groups excluding carboxylic acids is 1. The first kappa shape index (κ1) is 23.0. The number of ether oxygens (including phenoxy) is 1. The van der Waals surface area contributed by atoms with Crippen molar-refractivity contribution < 1.29 is 22.7 Å². The van der Waals surface area contributed by atoms with E-state index in [1.807, 2.05) is 17.6 Å². The summed E-state index contributed by atoms with van der Waals surface area (Å²) in [5, 5.41) is 2.65. The molecule has 2 heterocycles. The summed E-state index contributed by atoms with van der Waals surface area (Å²) in [6.45, 7) is 1.94. The smallest absolute Gasteiger partial charge is 0.416 e. The van der Waals surface area contributed by atoms with Crippen LogP contribution < -0.4 is 5.32 Å². The molecule has 1 amide bonds. The minimum Gasteiger partial charge on any atom is -0.449 e. The first-order valence-electron chi connectivity index (χ1n) is 10.3. The lowest BCUT2D eigenvalue weighted by Crippen LogP contribution is -2.27. The van der Waals surface area contributed by atoms with Gasteiger partial charge in [0.05, 0.1) is 30.2 Å². The Morgan fingerprint density at radius 1 is 1.33 bits per heavy atom. The van der Waals surface area contributed by atoms with Gasteiger partial charge in [0.1, 0.15) is 5.52 Å². The maximum atomic E-state index is 12.8. The first-order valence-corrected chi connectivity index (χ1v) is 10.7. The molecule has 33 heavy (non-hydrogen) atoms. The molecule has 0 spiro atoms. The van der Waals surface area contributed by atoms with Crippen LogP contribution in [0.1, 0.15) is 35.7 Å². The molecule has 0 bridgehead atoms. The Balaban J connectivity index is 1.32. The molecule has 4 rings (SSSR count). The number of alkyl carbamates (subject to hydrolysis) is 1. The summed E-state index contributed by atoms with van der Waals surface area (Å²) in [6.07, 6.45) is 2.09. The number of hydrogen-bond donors (Lipinski definition) is 1. The summed E-state index contributed by atoms with van der Waals surface area (Å²) in [6, 6.07) is 4.78. The van der Waals surface area contributed by atoms with E-state index in [4.69, 9.17) is 16.3 Å². The van der Waals surface area contributed by atoms with Gasteiger partial charge in [-0.2, -0.15) is 18.2 Å². The van der Waals surface area contributed by atoms with Crippen molar-refractivity contribution in [2.45, 2.75) is 38.5 Å². The zero-order chi connectivity index (χ0) is 23.6. The number of aryl methyl sites for hydroxylation is 1. The molecule has 2 aromatic heterocycles. The van der Waals surface area contributed by atoms with E-state index in [1.165, 1.54) is 12.1 Å². The number of fused-ring (bicyclic) bond motifs is 1. The minimum atomic E-state index is -4.43. The van der Waals surface area contributed by atoms with Gasteiger partial charge < -0.3 is 14.6 Å². The largest absolute Gasteiger partial charge is 0.449 e. The van der Waals surface area contributed by atoms with Crippen molar-refractivity contribution in [3.8, 4) is 0 Å². The number of halogens is 4. The molecule has 1 N–H and O–H groups in total. The van der Waals surface area contributed by atoms with E-state index in [1.54, 1.807) is 6.33 Å². The molecule has 2 atom stereocenters. The van der Waals surface area contributed by atoms with Crippen molar-refractivity contribution in [2.24, 2.45) is 5.92 Å². The average molecular weight is 480 g/mol. The van der Waals surface area contributed by atoms with E-state index in [0.717, 1.165) is 18.6 Å². The SMILES string of the molecule is Cc1nc(Cl)nc2c1ncn2[C@H]1C=CC[C@@H](COC(=O)NCc2cccc(C(F)(F)F)c2)C1. The van der Waals surface area contributed by atoms with Crippen LogP contribution in [-0.2, 0) is 17.5 Å². The van der Waals surface area contributed by atoms with Gasteiger partial charge in [0.15, 0.2) is 5.65 Å². The highest BCUT2D eigenvalue weighted by Gasteiger charge is 2.30. The second kappa shape index (κ2) is 9.38. The van der Waals surface area contributed by atoms with Crippen molar-refractivity contribution in [3.63, 3.8) is 0 Å². The van der Waals surface area contributed by atoms with Crippen molar-refractivity contribution in [1.29, 1.82) is 0 Å². The van der Waals surface area contributed by atoms with Crippen LogP contribution in [0.5, 0.6) is 0 Å². The van der Waals surface area contributed by atoms with Crippen LogP contribution in [-0.4, -0.2) is 32.2 Å². The van der Waals surface area contributed by atoms with Gasteiger partial charge in [-0.05, 0) is 55.0 Å². The van der Waals surface area contributed by atoms with Crippen LogP contribution in [0.25, 0.3) is 11.2 Å². The average Bonchev–Trinajstić information content (AvgIpc) is 3.20. The number of amides is 1. The van der Waals surface area contributed by atoms with Crippen molar-refractivity contribution in [3.05, 3.63) is 64.8 Å². The van der Waals surface area contributed by atoms with Gasteiger partial charge in [0.25, 0.3) is 0 Å². The van der Waals surface area contributed by atoms with Gasteiger partial charge in [-0.1, -0.05) is 24.3 Å². The zero-order valence-corrected chi connectivity index (χ0v) is 18.4. The molecule has 1 aliphatic carbocycles. The quantitative estimate of drug-likeness (QED) is 0.399. The molecule has 7 nitrogen and oxygen atoms in total. The topological polar surface area (TPSA) is 81.9 Å². The maximum absolute atomic E-state index is 12.8. The van der Waals surface area contributed by atoms with Gasteiger partial charge in [0.2, 0.25) is 5.28 Å². The Hall–Kier alpha value is -3.14. The number of imidazole rings is 1. The normalized spacial score (nSPS) is 18.5. The Labute approximate surface area is 192 Å². The molecule has 0 saturated carbocycles. The first-order chi connectivity index (χ1) is 15.7. The van der Waals surface area contributed by atoms with E-state index in [0.29, 0.717) is 28.8 Å². The molecule has 0 radical (unpaired) electrons. The van der Waals surface area contributed by atoms with E-state index in [-0.39, 0.29) is 30.4 Å². The summed E-state index contributed by atoms with van der Waals surface area (Å²) in [7, 11) is 0. The standard InChI is InChI=1S/C22H21ClF3N5O2/c1-13-18-19(30-20(23)29-13)31(12-28-18)17-7-3-5-15(9-17)11-33-21(32)27-10-14-4-2-6-16(8-14)22(24,25)26/h2-4,6-8,12,15,17H,5,9-11H2,1H3,(H,27,32)/t15-,17+/m1/s1. The number of nitrogens with one attached hydrogen (secondary N) is 1. The van der Waals surface area contributed by atoms with Crippen LogP contribution in [0.3, 0.4) is 0 Å². The van der Waals surface area contributed by atoms with Gasteiger partial charge in [0, 0.05) is 6.54 Å². The second-order valence-electron chi connectivity index (χ2n) is 7.89. The predicted molar refractivity (Wildman–Crippen MR) is 116 cm³/mol. The van der Waals surface area contributed by atoms with E-state index in [2.05, 4.69) is 26.3 Å². The molecule has 0 unspecified atom stereocenters. The lowest BCUT2D eigenvalue weighted by atomic mass is 9.91. The summed E-state index contributed by atoms with van der Waals surface area (Å²) in [5.74, 6) is 0.0650. The van der Waals surface area contributed by atoms with Gasteiger partial charge in [-0.3, -0.25) is 0 Å². The predicted octanol–water partition coefficient (Wildman–Crippen LogP) is 5.24. The lowest BCUT2D eigenvalue weighted by Gasteiger charge is -2.25. The number of allylic oxidation sites excluding steroid dienone is 2. The third-order valence-electron chi connectivity index (χ3n) is 5.47. The number of nitrogens with zero attached hydrogens (tertiary/aromatic N) is 4. The molecule has 0 aliphatic heterocycles. The van der Waals surface area contributed by atoms with Crippen LogP contribution >= 0.6 is 11.6 Å². The Bertz CT molecular complexity index is 1190. The van der Waals surface area contributed by atoms with E-state index in [9.17, 15) is 18.0 Å². The van der Waals surface area contributed by atoms with Crippen molar-refractivity contribution in [1.82, 2.24) is 24.8 Å². The highest BCUT2D eigenvalue weighted by Crippen LogP contribution is 2.31. The fourth-order valence-corrected chi connectivity index (χ4v) is 4.04. The molecule has 0 saturated heterocycles. The van der Waals surface area contributed by atoms with E-state index >= 15 is 0 Å². The molecule has 1 aromatic carbocycles.